The highest BCUT2D eigenvalue weighted by Gasteiger charge is 2.25. The topological polar surface area (TPSA) is 89.8 Å². The second kappa shape index (κ2) is 5.12. The van der Waals surface area contributed by atoms with Gasteiger partial charge in [0.1, 0.15) is 12.0 Å². The van der Waals surface area contributed by atoms with Gasteiger partial charge >= 0.3 is 0 Å². The standard InChI is InChI=1S/C8H6Cl3N5O2S/c1-16-8(4(9)2-14-16)19(17,18)15-5-6(10)12-3-13-7(5)11/h2-3,15H,1H3. The van der Waals surface area contributed by atoms with Gasteiger partial charge in [0.05, 0.1) is 11.2 Å². The Labute approximate surface area is 123 Å². The molecule has 0 aliphatic rings. The summed E-state index contributed by atoms with van der Waals surface area (Å²) in [5.41, 5.74) is -0.122. The molecular formula is C8H6Cl3N5O2S. The number of aryl methyl sites for hydroxylation is 1. The van der Waals surface area contributed by atoms with Gasteiger partial charge in [0.25, 0.3) is 10.0 Å². The maximum absolute atomic E-state index is 12.2. The minimum Gasteiger partial charge on any atom is -0.272 e. The van der Waals surface area contributed by atoms with E-state index in [0.717, 1.165) is 11.0 Å². The molecule has 7 nitrogen and oxygen atoms in total. The van der Waals surface area contributed by atoms with Crippen LogP contribution in [0.4, 0.5) is 5.69 Å². The molecule has 0 spiro atoms. The lowest BCUT2D eigenvalue weighted by Gasteiger charge is -2.10. The average Bonchev–Trinajstić information content (AvgIpc) is 2.64. The number of halogens is 3. The average molecular weight is 343 g/mol. The Morgan fingerprint density at radius 3 is 2.26 bits per heavy atom. The smallest absolute Gasteiger partial charge is 0.272 e. The van der Waals surface area contributed by atoms with Crippen LogP contribution in [0.3, 0.4) is 0 Å². The maximum atomic E-state index is 12.2. The number of rotatable bonds is 3. The van der Waals surface area contributed by atoms with Gasteiger partial charge < -0.3 is 0 Å². The van der Waals surface area contributed by atoms with Crippen molar-refractivity contribution in [3.63, 3.8) is 0 Å². The summed E-state index contributed by atoms with van der Waals surface area (Å²) < 4.78 is 27.6. The molecule has 2 rings (SSSR count). The van der Waals surface area contributed by atoms with E-state index >= 15 is 0 Å². The first-order chi connectivity index (χ1) is 8.83. The van der Waals surface area contributed by atoms with E-state index in [0.29, 0.717) is 0 Å². The maximum Gasteiger partial charge on any atom is 0.280 e. The Bertz CT molecular complexity index is 690. The van der Waals surface area contributed by atoms with E-state index < -0.39 is 10.0 Å². The number of nitrogens with zero attached hydrogens (tertiary/aromatic N) is 4. The molecule has 19 heavy (non-hydrogen) atoms. The van der Waals surface area contributed by atoms with Crippen LogP contribution in [-0.4, -0.2) is 28.2 Å². The molecule has 0 saturated heterocycles. The largest absolute Gasteiger partial charge is 0.280 e. The van der Waals surface area contributed by atoms with E-state index in [1.165, 1.54) is 13.2 Å². The second-order valence-electron chi connectivity index (χ2n) is 3.36. The molecule has 0 saturated carbocycles. The minimum atomic E-state index is -4.01. The molecule has 0 atom stereocenters. The Morgan fingerprint density at radius 2 is 1.79 bits per heavy atom. The van der Waals surface area contributed by atoms with E-state index in [1.807, 2.05) is 0 Å². The SMILES string of the molecule is Cn1ncc(Cl)c1S(=O)(=O)Nc1c(Cl)ncnc1Cl. The molecule has 0 radical (unpaired) electrons. The number of anilines is 1. The van der Waals surface area contributed by atoms with Crippen LogP contribution in [0.15, 0.2) is 17.6 Å². The highest BCUT2D eigenvalue weighted by atomic mass is 35.5. The molecule has 2 aromatic rings. The number of hydrogen-bond donors (Lipinski definition) is 1. The van der Waals surface area contributed by atoms with E-state index in [1.54, 1.807) is 0 Å². The van der Waals surface area contributed by atoms with Crippen molar-refractivity contribution in [2.45, 2.75) is 5.03 Å². The van der Waals surface area contributed by atoms with Gasteiger partial charge in [-0.15, -0.1) is 0 Å². The summed E-state index contributed by atoms with van der Waals surface area (Å²) in [5.74, 6) is 0. The first-order valence-corrected chi connectivity index (χ1v) is 7.31. The zero-order valence-corrected chi connectivity index (χ0v) is 12.4. The molecule has 102 valence electrons. The Hall–Kier alpha value is -1.09. The summed E-state index contributed by atoms with van der Waals surface area (Å²) in [6.45, 7) is 0. The lowest BCUT2D eigenvalue weighted by molar-refractivity contribution is 0.582. The lowest BCUT2D eigenvalue weighted by atomic mass is 10.6. The molecule has 1 N–H and O–H groups in total. The van der Waals surface area contributed by atoms with Crippen LogP contribution in [0.25, 0.3) is 0 Å². The van der Waals surface area contributed by atoms with Crippen molar-refractivity contribution in [2.75, 3.05) is 4.72 Å². The fraction of sp³-hybridized carbons (Fsp3) is 0.125. The number of hydrogen-bond acceptors (Lipinski definition) is 5. The summed E-state index contributed by atoms with van der Waals surface area (Å²) >= 11 is 17.3. The van der Waals surface area contributed by atoms with Gasteiger partial charge in [0.15, 0.2) is 15.3 Å². The van der Waals surface area contributed by atoms with Crippen LogP contribution >= 0.6 is 34.8 Å². The third-order valence-electron chi connectivity index (χ3n) is 2.09. The highest BCUT2D eigenvalue weighted by molar-refractivity contribution is 7.92. The van der Waals surface area contributed by atoms with Crippen LogP contribution in [-0.2, 0) is 17.1 Å². The Morgan fingerprint density at radius 1 is 1.21 bits per heavy atom. The van der Waals surface area contributed by atoms with Gasteiger partial charge in [-0.1, -0.05) is 34.8 Å². The van der Waals surface area contributed by atoms with Crippen molar-refractivity contribution in [3.05, 3.63) is 27.9 Å². The first-order valence-electron chi connectivity index (χ1n) is 4.69. The van der Waals surface area contributed by atoms with E-state index in [9.17, 15) is 8.42 Å². The fourth-order valence-corrected chi connectivity index (χ4v) is 3.57. The van der Waals surface area contributed by atoms with Crippen LogP contribution in [0.5, 0.6) is 0 Å². The molecule has 2 heterocycles. The molecule has 2 aromatic heterocycles. The molecule has 0 aromatic carbocycles. The van der Waals surface area contributed by atoms with Crippen molar-refractivity contribution in [1.82, 2.24) is 19.7 Å². The summed E-state index contributed by atoms with van der Waals surface area (Å²) in [5, 5.41) is 3.24. The summed E-state index contributed by atoms with van der Waals surface area (Å²) in [6, 6.07) is 0. The number of nitrogens with one attached hydrogen (secondary N) is 1. The third kappa shape index (κ3) is 2.76. The predicted molar refractivity (Wildman–Crippen MR) is 71.1 cm³/mol. The van der Waals surface area contributed by atoms with Crippen molar-refractivity contribution in [1.29, 1.82) is 0 Å². The predicted octanol–water partition coefficient (Wildman–Crippen LogP) is 1.97. The van der Waals surface area contributed by atoms with Gasteiger partial charge in [-0.25, -0.2) is 9.97 Å². The normalized spacial score (nSPS) is 11.6. The van der Waals surface area contributed by atoms with Gasteiger partial charge in [-0.2, -0.15) is 13.5 Å². The lowest BCUT2D eigenvalue weighted by Crippen LogP contribution is -2.18. The number of aromatic nitrogens is 4. The van der Waals surface area contributed by atoms with Gasteiger partial charge in [-0.05, 0) is 0 Å². The molecule has 11 heteroatoms. The molecule has 0 bridgehead atoms. The van der Waals surface area contributed by atoms with Crippen LogP contribution < -0.4 is 4.72 Å². The zero-order chi connectivity index (χ0) is 14.2. The number of sulfonamides is 1. The summed E-state index contributed by atoms with van der Waals surface area (Å²) in [7, 11) is -2.57. The van der Waals surface area contributed by atoms with Crippen molar-refractivity contribution >= 4 is 50.5 Å². The van der Waals surface area contributed by atoms with Crippen LogP contribution in [0.2, 0.25) is 15.3 Å². The van der Waals surface area contributed by atoms with Crippen molar-refractivity contribution in [3.8, 4) is 0 Å². The molecule has 0 amide bonds. The third-order valence-corrected chi connectivity index (χ3v) is 4.52. The van der Waals surface area contributed by atoms with E-state index in [-0.39, 0.29) is 26.0 Å². The second-order valence-corrected chi connectivity index (χ2v) is 6.08. The fourth-order valence-electron chi connectivity index (χ4n) is 1.31. The molecule has 0 aliphatic carbocycles. The molecule has 0 unspecified atom stereocenters. The van der Waals surface area contributed by atoms with Gasteiger partial charge in [0.2, 0.25) is 0 Å². The van der Waals surface area contributed by atoms with Crippen LogP contribution in [0, 0.1) is 0 Å². The van der Waals surface area contributed by atoms with Gasteiger partial charge in [0, 0.05) is 7.05 Å². The highest BCUT2D eigenvalue weighted by Crippen LogP contribution is 2.29. The monoisotopic (exact) mass is 341 g/mol. The van der Waals surface area contributed by atoms with Crippen molar-refractivity contribution < 1.29 is 8.42 Å². The van der Waals surface area contributed by atoms with Crippen LogP contribution in [0.1, 0.15) is 0 Å². The van der Waals surface area contributed by atoms with Gasteiger partial charge in [-0.3, -0.25) is 9.40 Å². The summed E-state index contributed by atoms with van der Waals surface area (Å²) in [6.07, 6.45) is 2.32. The van der Waals surface area contributed by atoms with E-state index in [4.69, 9.17) is 34.8 Å². The van der Waals surface area contributed by atoms with Crippen molar-refractivity contribution in [2.24, 2.45) is 7.05 Å². The molecular weight excluding hydrogens is 337 g/mol. The molecule has 0 fully saturated rings. The van der Waals surface area contributed by atoms with E-state index in [2.05, 4.69) is 19.8 Å². The zero-order valence-electron chi connectivity index (χ0n) is 9.30. The summed E-state index contributed by atoms with van der Waals surface area (Å²) in [4.78, 5) is 7.28. The quantitative estimate of drug-likeness (QED) is 0.861. The Balaban J connectivity index is 2.49. The Kier molecular flexibility index (Phi) is 3.86. The molecule has 0 aliphatic heterocycles. The minimum absolute atomic E-state index is 0.0286. The first kappa shape index (κ1) is 14.3.